The Hall–Kier alpha value is -2.76. The molecule has 0 unspecified atom stereocenters. The van der Waals surface area contributed by atoms with Gasteiger partial charge in [0.15, 0.2) is 24.8 Å². The third kappa shape index (κ3) is 5.15. The second-order valence-corrected chi connectivity index (χ2v) is 5.13. The topological polar surface area (TPSA) is 60.4 Å². The Bertz CT molecular complexity index is 620. The Labute approximate surface area is 141 Å². The van der Waals surface area contributed by atoms with Crippen LogP contribution in [0.2, 0.25) is 0 Å². The quantitative estimate of drug-likeness (QED) is 0.562. The molecule has 0 aliphatic heterocycles. The lowest BCUT2D eigenvalue weighted by molar-refractivity contribution is -0.686. The van der Waals surface area contributed by atoms with Gasteiger partial charge in [-0.05, 0) is 25.0 Å². The largest absolute Gasteiger partial charge is 0.461 e. The molecule has 0 aliphatic rings. The van der Waals surface area contributed by atoms with E-state index in [-0.39, 0.29) is 25.0 Å². The number of ether oxygens (including phenoxy) is 2. The van der Waals surface area contributed by atoms with E-state index in [0.717, 1.165) is 11.1 Å². The third-order valence-corrected chi connectivity index (χ3v) is 3.35. The van der Waals surface area contributed by atoms with Crippen molar-refractivity contribution in [2.45, 2.75) is 26.9 Å². The van der Waals surface area contributed by atoms with Crippen molar-refractivity contribution in [1.29, 1.82) is 0 Å². The lowest BCUT2D eigenvalue weighted by Crippen LogP contribution is -2.38. The molecule has 0 saturated heterocycles. The molecule has 0 amide bonds. The Kier molecular flexibility index (Phi) is 6.42. The van der Waals surface area contributed by atoms with Crippen molar-refractivity contribution >= 4 is 11.9 Å². The van der Waals surface area contributed by atoms with Crippen molar-refractivity contribution in [3.8, 4) is 11.1 Å². The van der Waals surface area contributed by atoms with Crippen LogP contribution in [0.5, 0.6) is 0 Å². The van der Waals surface area contributed by atoms with Gasteiger partial charge in [0.05, 0.1) is 13.2 Å². The highest BCUT2D eigenvalue weighted by atomic mass is 16.5. The van der Waals surface area contributed by atoms with Crippen molar-refractivity contribution in [2.24, 2.45) is 0 Å². The molecule has 6 nitrogen and oxygen atoms in total. The predicted molar refractivity (Wildman–Crippen MR) is 85.5 cm³/mol. The molecule has 2 heterocycles. The van der Waals surface area contributed by atoms with E-state index < -0.39 is 0 Å². The van der Waals surface area contributed by atoms with Gasteiger partial charge in [-0.15, -0.1) is 0 Å². The highest BCUT2D eigenvalue weighted by Crippen LogP contribution is 2.15. The molecular weight excluding hydrogens is 308 g/mol. The van der Waals surface area contributed by atoms with Crippen molar-refractivity contribution in [1.82, 2.24) is 0 Å². The van der Waals surface area contributed by atoms with E-state index in [0.29, 0.717) is 13.2 Å². The number of aromatic nitrogens is 2. The minimum Gasteiger partial charge on any atom is -0.461 e. The molecule has 2 rings (SSSR count). The fourth-order valence-corrected chi connectivity index (χ4v) is 2.22. The van der Waals surface area contributed by atoms with Crippen LogP contribution in [0.3, 0.4) is 0 Å². The first-order chi connectivity index (χ1) is 11.6. The van der Waals surface area contributed by atoms with Gasteiger partial charge in [0.25, 0.3) is 0 Å². The summed E-state index contributed by atoms with van der Waals surface area (Å²) in [4.78, 5) is 22.9. The molecule has 0 aromatic carbocycles. The molecule has 0 bridgehead atoms. The van der Waals surface area contributed by atoms with Gasteiger partial charge in [-0.1, -0.05) is 0 Å². The summed E-state index contributed by atoms with van der Waals surface area (Å²) in [6.07, 6.45) is 7.36. The number of hydrogen-bond donors (Lipinski definition) is 0. The van der Waals surface area contributed by atoms with Crippen LogP contribution in [0.25, 0.3) is 11.1 Å². The SMILES string of the molecule is CCOC(=O)C[n+]1ccc(-c2cc[n+](CC(=O)OCC)cc2)cc1. The van der Waals surface area contributed by atoms with Gasteiger partial charge in [0, 0.05) is 24.3 Å². The number of nitrogens with zero attached hydrogens (tertiary/aromatic N) is 2. The van der Waals surface area contributed by atoms with Gasteiger partial charge in [-0.3, -0.25) is 0 Å². The van der Waals surface area contributed by atoms with Crippen molar-refractivity contribution in [3.63, 3.8) is 0 Å². The molecule has 6 heteroatoms. The molecular formula is C18H22N2O4+2. The Morgan fingerprint density at radius 3 is 1.38 bits per heavy atom. The summed E-state index contributed by atoms with van der Waals surface area (Å²) in [6.45, 7) is 4.73. The van der Waals surface area contributed by atoms with Gasteiger partial charge < -0.3 is 9.47 Å². The number of rotatable bonds is 7. The van der Waals surface area contributed by atoms with Crippen molar-refractivity contribution < 1.29 is 28.2 Å². The molecule has 0 aliphatic carbocycles. The van der Waals surface area contributed by atoms with Crippen molar-refractivity contribution in [3.05, 3.63) is 49.1 Å². The number of pyridine rings is 2. The van der Waals surface area contributed by atoms with E-state index in [9.17, 15) is 9.59 Å². The number of hydrogen-bond acceptors (Lipinski definition) is 4. The molecule has 2 aromatic heterocycles. The lowest BCUT2D eigenvalue weighted by atomic mass is 10.1. The summed E-state index contributed by atoms with van der Waals surface area (Å²) in [6, 6.07) is 7.74. The monoisotopic (exact) mass is 330 g/mol. The summed E-state index contributed by atoms with van der Waals surface area (Å²) in [5.41, 5.74) is 2.05. The second-order valence-electron chi connectivity index (χ2n) is 5.13. The van der Waals surface area contributed by atoms with E-state index >= 15 is 0 Å². The first-order valence-electron chi connectivity index (χ1n) is 7.92. The zero-order valence-electron chi connectivity index (χ0n) is 14.0. The van der Waals surface area contributed by atoms with Crippen LogP contribution in [-0.4, -0.2) is 25.2 Å². The van der Waals surface area contributed by atoms with Crippen LogP contribution in [0.15, 0.2) is 49.1 Å². The average molecular weight is 330 g/mol. The zero-order chi connectivity index (χ0) is 17.4. The Balaban J connectivity index is 2.01. The van der Waals surface area contributed by atoms with Gasteiger partial charge in [-0.2, -0.15) is 9.13 Å². The van der Waals surface area contributed by atoms with Gasteiger partial charge in [0.1, 0.15) is 0 Å². The summed E-state index contributed by atoms with van der Waals surface area (Å²) < 4.78 is 13.4. The maximum atomic E-state index is 11.5. The fraction of sp³-hybridized carbons (Fsp3) is 0.333. The highest BCUT2D eigenvalue weighted by Gasteiger charge is 2.12. The molecule has 0 atom stereocenters. The summed E-state index contributed by atoms with van der Waals surface area (Å²) in [5.74, 6) is -0.509. The molecule has 0 fully saturated rings. The highest BCUT2D eigenvalue weighted by molar-refractivity contribution is 5.68. The Morgan fingerprint density at radius 2 is 1.08 bits per heavy atom. The van der Waals surface area contributed by atoms with Crippen LogP contribution < -0.4 is 9.13 Å². The van der Waals surface area contributed by atoms with Gasteiger partial charge in [-0.25, -0.2) is 9.59 Å². The van der Waals surface area contributed by atoms with Crippen LogP contribution in [0.4, 0.5) is 0 Å². The fourth-order valence-electron chi connectivity index (χ4n) is 2.22. The summed E-state index contributed by atoms with van der Waals surface area (Å²) in [5, 5.41) is 0. The maximum absolute atomic E-state index is 11.5. The molecule has 0 radical (unpaired) electrons. The molecule has 0 spiro atoms. The van der Waals surface area contributed by atoms with Gasteiger partial charge in [0.2, 0.25) is 13.1 Å². The van der Waals surface area contributed by atoms with E-state index in [2.05, 4.69) is 0 Å². The molecule has 126 valence electrons. The van der Waals surface area contributed by atoms with Gasteiger partial charge >= 0.3 is 11.9 Å². The third-order valence-electron chi connectivity index (χ3n) is 3.35. The number of carbonyl (C=O) groups excluding carboxylic acids is 2. The van der Waals surface area contributed by atoms with Crippen LogP contribution >= 0.6 is 0 Å². The molecule has 0 N–H and O–H groups in total. The molecule has 2 aromatic rings. The van der Waals surface area contributed by atoms with Crippen LogP contribution in [0, 0.1) is 0 Å². The molecule has 24 heavy (non-hydrogen) atoms. The van der Waals surface area contributed by atoms with E-state index in [1.807, 2.05) is 49.1 Å². The first-order valence-corrected chi connectivity index (χ1v) is 7.92. The lowest BCUT2D eigenvalue weighted by Gasteiger charge is -2.02. The standard InChI is InChI=1S/C18H22N2O4/c1-3-23-17(21)13-19-9-5-15(6-10-19)16-7-11-20(12-8-16)14-18(22)24-4-2/h5-12H,3-4,13-14H2,1-2H3/q+2. The van der Waals surface area contributed by atoms with Crippen molar-refractivity contribution in [2.75, 3.05) is 13.2 Å². The minimum atomic E-state index is -0.255. The predicted octanol–water partition coefficient (Wildman–Crippen LogP) is 1.05. The van der Waals surface area contributed by atoms with E-state index in [1.54, 1.807) is 23.0 Å². The number of esters is 2. The average Bonchev–Trinajstić information content (AvgIpc) is 2.57. The smallest absolute Gasteiger partial charge is 0.372 e. The van der Waals surface area contributed by atoms with Crippen LogP contribution in [-0.2, 0) is 32.2 Å². The zero-order valence-corrected chi connectivity index (χ0v) is 14.0. The number of carbonyl (C=O) groups is 2. The van der Waals surface area contributed by atoms with Crippen LogP contribution in [0.1, 0.15) is 13.8 Å². The maximum Gasteiger partial charge on any atom is 0.372 e. The second kappa shape index (κ2) is 8.76. The van der Waals surface area contributed by atoms with E-state index in [1.165, 1.54) is 0 Å². The summed E-state index contributed by atoms with van der Waals surface area (Å²) >= 11 is 0. The minimum absolute atomic E-state index is 0.197. The summed E-state index contributed by atoms with van der Waals surface area (Å²) in [7, 11) is 0. The Morgan fingerprint density at radius 1 is 0.750 bits per heavy atom. The first kappa shape index (κ1) is 17.6. The van der Waals surface area contributed by atoms with E-state index in [4.69, 9.17) is 9.47 Å². The normalized spacial score (nSPS) is 10.2. The molecule has 0 saturated carbocycles.